The van der Waals surface area contributed by atoms with Crippen molar-refractivity contribution in [1.82, 2.24) is 41.7 Å². The highest BCUT2D eigenvalue weighted by Gasteiger charge is 2.46. The van der Waals surface area contributed by atoms with E-state index in [4.69, 9.17) is 9.47 Å². The van der Waals surface area contributed by atoms with Crippen LogP contribution < -0.4 is 31.9 Å². The van der Waals surface area contributed by atoms with Crippen LogP contribution in [0.3, 0.4) is 0 Å². The van der Waals surface area contributed by atoms with Crippen LogP contribution in [0.5, 0.6) is 0 Å². The highest BCUT2D eigenvalue weighted by atomic mass is 16.6. The maximum atomic E-state index is 14.9. The first-order valence-corrected chi connectivity index (χ1v) is 24.7. The number of carbonyl (C=O) groups is 9. The average molecular weight is 1010 g/mol. The van der Waals surface area contributed by atoms with E-state index in [1.807, 2.05) is 13.8 Å². The van der Waals surface area contributed by atoms with Crippen LogP contribution in [-0.4, -0.2) is 136 Å². The molecule has 20 heteroatoms. The van der Waals surface area contributed by atoms with Crippen molar-refractivity contribution in [3.05, 3.63) is 108 Å². The van der Waals surface area contributed by atoms with Crippen molar-refractivity contribution < 1.29 is 57.7 Å². The van der Waals surface area contributed by atoms with Crippen molar-refractivity contribution in [2.24, 2.45) is 11.8 Å². The number of likely N-dealkylation sites (N-methyl/N-ethyl adjacent to an activating group) is 1. The number of cyclic esters (lactones) is 1. The quantitative estimate of drug-likeness (QED) is 0.114. The van der Waals surface area contributed by atoms with E-state index < -0.39 is 120 Å². The monoisotopic (exact) mass is 1010 g/mol. The molecule has 3 aromatic rings. The summed E-state index contributed by atoms with van der Waals surface area (Å²) < 4.78 is 11.2. The van der Waals surface area contributed by atoms with E-state index in [0.29, 0.717) is 11.1 Å². The van der Waals surface area contributed by atoms with Gasteiger partial charge in [-0.25, -0.2) is 9.59 Å². The lowest BCUT2D eigenvalue weighted by molar-refractivity contribution is -0.166. The Morgan fingerprint density at radius 3 is 1.82 bits per heavy atom. The van der Waals surface area contributed by atoms with E-state index in [2.05, 4.69) is 31.9 Å². The molecule has 0 radical (unpaired) electrons. The van der Waals surface area contributed by atoms with Crippen molar-refractivity contribution in [3.8, 4) is 0 Å². The Balaban J connectivity index is 1.50. The summed E-state index contributed by atoms with van der Waals surface area (Å²) in [5, 5.41) is 27.0. The number of nitrogens with one attached hydrogen (secondary N) is 6. The third-order valence-corrected chi connectivity index (χ3v) is 12.8. The first kappa shape index (κ1) is 56.6. The van der Waals surface area contributed by atoms with Gasteiger partial charge in [0.1, 0.15) is 67.3 Å². The van der Waals surface area contributed by atoms with E-state index in [-0.39, 0.29) is 44.6 Å². The smallest absolute Gasteiger partial charge is 0.408 e. The first-order chi connectivity index (χ1) is 34.6. The summed E-state index contributed by atoms with van der Waals surface area (Å²) in [5.74, 6) is -7.50. The lowest BCUT2D eigenvalue weighted by Gasteiger charge is -2.43. The SMILES string of the molecule is CC(C)C[C@H]1C(=O)N(C)[C@@H](Cc2ccccc2)C(=O)N[C@@H](Cc2ccccc2)C(=O)O[C@H](C)[C@H](NC(=O)[C@H](C)NC(=O)C(C)NC(=O)OCc2ccccc2)C(=O)N[C@@H](C(C)C)C(=O)N[C@H]2CC[C@@H](O)N1C2=O. The van der Waals surface area contributed by atoms with Crippen LogP contribution in [-0.2, 0) is 67.3 Å². The second-order valence-corrected chi connectivity index (χ2v) is 19.4. The van der Waals surface area contributed by atoms with Crippen LogP contribution in [0, 0.1) is 11.8 Å². The molecule has 0 saturated carbocycles. The van der Waals surface area contributed by atoms with E-state index in [9.17, 15) is 48.3 Å². The van der Waals surface area contributed by atoms with Crippen molar-refractivity contribution >= 4 is 53.4 Å². The standard InChI is InChI=1S/C53H70N8O12/c1-30(2)26-41-51(69)60(8)40(28-36-20-14-10-15-21-36)47(65)57-39(27-35-18-12-9-13-19-35)52(70)73-34(7)44(49(67)58-43(31(3)4)48(66)56-38-24-25-42(62)61(41)50(38)68)59-46(64)32(5)54-45(63)33(6)55-53(71)72-29-37-22-16-11-17-23-37/h9-23,30-34,38-44,62H,24-29H2,1-8H3,(H,54,63)(H,55,71)(H,56,66)(H,57,65)(H,58,67)(H,59,64)/t32-,33?,34+,38-,39-,40-,41-,42+,43-,44-/m0/s1. The molecular formula is C53H70N8O12. The Kier molecular flexibility index (Phi) is 20.4. The zero-order valence-electron chi connectivity index (χ0n) is 42.7. The molecule has 2 fully saturated rings. The molecule has 8 amide bonds. The molecule has 2 aliphatic rings. The van der Waals surface area contributed by atoms with E-state index in [1.165, 1.54) is 32.7 Å². The van der Waals surface area contributed by atoms with E-state index in [1.54, 1.807) is 105 Å². The molecule has 2 heterocycles. The minimum atomic E-state index is -1.74. The van der Waals surface area contributed by atoms with E-state index in [0.717, 1.165) is 10.5 Å². The van der Waals surface area contributed by atoms with Gasteiger partial charge < -0.3 is 56.3 Å². The predicted molar refractivity (Wildman–Crippen MR) is 267 cm³/mol. The normalized spacial score (nSPS) is 24.4. The van der Waals surface area contributed by atoms with Crippen molar-refractivity contribution in [2.45, 2.75) is 148 Å². The van der Waals surface area contributed by atoms with Gasteiger partial charge in [0.25, 0.3) is 0 Å². The van der Waals surface area contributed by atoms with Gasteiger partial charge in [0, 0.05) is 19.9 Å². The lowest BCUT2D eigenvalue weighted by atomic mass is 9.94. The van der Waals surface area contributed by atoms with Gasteiger partial charge >= 0.3 is 12.1 Å². The molecule has 5 rings (SSSR count). The number of nitrogens with zero attached hydrogens (tertiary/aromatic N) is 2. The predicted octanol–water partition coefficient (Wildman–Crippen LogP) is 2.01. The van der Waals surface area contributed by atoms with Gasteiger partial charge in [-0.1, -0.05) is 119 Å². The number of piperidine rings is 1. The van der Waals surface area contributed by atoms with Gasteiger partial charge in [-0.2, -0.15) is 0 Å². The summed E-state index contributed by atoms with van der Waals surface area (Å²) in [5.41, 5.74) is 1.99. The Hall–Kier alpha value is -7.35. The summed E-state index contributed by atoms with van der Waals surface area (Å²) >= 11 is 0. The molecule has 10 atom stereocenters. The molecule has 2 bridgehead atoms. The summed E-state index contributed by atoms with van der Waals surface area (Å²) in [6.45, 7) is 10.9. The molecule has 3 aromatic carbocycles. The molecule has 0 aliphatic carbocycles. The maximum absolute atomic E-state index is 14.9. The highest BCUT2D eigenvalue weighted by molar-refractivity contribution is 5.98. The molecule has 2 saturated heterocycles. The Morgan fingerprint density at radius 1 is 0.685 bits per heavy atom. The number of carbonyl (C=O) groups excluding carboxylic acids is 9. The van der Waals surface area contributed by atoms with Gasteiger partial charge in [0.15, 0.2) is 0 Å². The second kappa shape index (κ2) is 26.4. The number of aliphatic hydroxyl groups is 1. The van der Waals surface area contributed by atoms with Crippen molar-refractivity contribution in [3.63, 3.8) is 0 Å². The highest BCUT2D eigenvalue weighted by Crippen LogP contribution is 2.26. The zero-order chi connectivity index (χ0) is 53.5. The molecule has 7 N–H and O–H groups in total. The fourth-order valence-corrected chi connectivity index (χ4v) is 8.58. The summed E-state index contributed by atoms with van der Waals surface area (Å²) in [7, 11) is 1.41. The minimum absolute atomic E-state index is 0.0143. The number of aliphatic hydroxyl groups excluding tert-OH is 1. The van der Waals surface area contributed by atoms with Gasteiger partial charge in [0.05, 0.1) is 0 Å². The van der Waals surface area contributed by atoms with Crippen molar-refractivity contribution in [2.75, 3.05) is 7.05 Å². The van der Waals surface area contributed by atoms with Gasteiger partial charge in [-0.05, 0) is 68.6 Å². The Morgan fingerprint density at radius 2 is 1.25 bits per heavy atom. The van der Waals surface area contributed by atoms with E-state index >= 15 is 0 Å². The molecule has 2 aliphatic heterocycles. The number of ether oxygens (including phenoxy) is 2. The third-order valence-electron chi connectivity index (χ3n) is 12.8. The lowest BCUT2D eigenvalue weighted by Crippen LogP contribution is -2.65. The molecule has 394 valence electrons. The molecule has 1 unspecified atom stereocenters. The summed E-state index contributed by atoms with van der Waals surface area (Å²) in [6.07, 6.45) is -3.94. The first-order valence-electron chi connectivity index (χ1n) is 24.7. The number of hydrogen-bond donors (Lipinski definition) is 7. The number of amides is 8. The van der Waals surface area contributed by atoms with Crippen LogP contribution in [0.1, 0.15) is 84.4 Å². The van der Waals surface area contributed by atoms with Gasteiger partial charge in [-0.3, -0.25) is 33.6 Å². The Labute approximate surface area is 426 Å². The molecular weight excluding hydrogens is 941 g/mol. The molecule has 73 heavy (non-hydrogen) atoms. The fraction of sp³-hybridized carbons (Fsp3) is 0.491. The van der Waals surface area contributed by atoms with Crippen LogP contribution in [0.25, 0.3) is 0 Å². The molecule has 0 aromatic heterocycles. The molecule has 0 spiro atoms. The number of rotatable bonds is 14. The third kappa shape index (κ3) is 15.8. The number of hydrogen-bond acceptors (Lipinski definition) is 12. The summed E-state index contributed by atoms with van der Waals surface area (Å²) in [6, 6.07) is 15.5. The number of benzene rings is 3. The van der Waals surface area contributed by atoms with Gasteiger partial charge in [0.2, 0.25) is 41.4 Å². The largest absolute Gasteiger partial charge is 0.458 e. The average Bonchev–Trinajstić information content (AvgIpc) is 3.35. The van der Waals surface area contributed by atoms with Gasteiger partial charge in [-0.15, -0.1) is 0 Å². The zero-order valence-corrected chi connectivity index (χ0v) is 42.7. The van der Waals surface area contributed by atoms with Crippen LogP contribution >= 0.6 is 0 Å². The topological polar surface area (TPSA) is 271 Å². The van der Waals surface area contributed by atoms with Crippen LogP contribution in [0.2, 0.25) is 0 Å². The Bertz CT molecular complexity index is 2410. The number of fused-ring (bicyclic) bond motifs is 2. The van der Waals surface area contributed by atoms with Crippen LogP contribution in [0.4, 0.5) is 4.79 Å². The number of alkyl carbamates (subject to hydrolysis) is 1. The minimum Gasteiger partial charge on any atom is -0.458 e. The maximum Gasteiger partial charge on any atom is 0.408 e. The van der Waals surface area contributed by atoms with Crippen LogP contribution in [0.15, 0.2) is 91.0 Å². The number of esters is 1. The molecule has 20 nitrogen and oxygen atoms in total. The fourth-order valence-electron chi connectivity index (χ4n) is 8.58. The second-order valence-electron chi connectivity index (χ2n) is 19.4. The summed E-state index contributed by atoms with van der Waals surface area (Å²) in [4.78, 5) is 129. The van der Waals surface area contributed by atoms with Crippen molar-refractivity contribution in [1.29, 1.82) is 0 Å².